The average molecular weight is 240 g/mol. The number of thiophene rings is 1. The Morgan fingerprint density at radius 1 is 1.31 bits per heavy atom. The van der Waals surface area contributed by atoms with E-state index in [2.05, 4.69) is 17.5 Å². The van der Waals surface area contributed by atoms with E-state index in [0.29, 0.717) is 13.0 Å². The van der Waals surface area contributed by atoms with Crippen LogP contribution >= 0.6 is 11.3 Å². The topological polar surface area (TPSA) is 26.3 Å². The van der Waals surface area contributed by atoms with Crippen molar-refractivity contribution < 1.29 is 9.53 Å². The van der Waals surface area contributed by atoms with Crippen molar-refractivity contribution in [2.24, 2.45) is 0 Å². The van der Waals surface area contributed by atoms with Gasteiger partial charge in [0.1, 0.15) is 0 Å². The molecule has 0 aliphatic carbocycles. The third-order valence-corrected chi connectivity index (χ3v) is 3.38. The normalized spacial score (nSPS) is 10.3. The molecular weight excluding hydrogens is 220 g/mol. The summed E-state index contributed by atoms with van der Waals surface area (Å²) in [6.45, 7) is 2.34. The van der Waals surface area contributed by atoms with Crippen LogP contribution in [-0.4, -0.2) is 12.6 Å². The van der Waals surface area contributed by atoms with E-state index in [9.17, 15) is 4.79 Å². The van der Waals surface area contributed by atoms with Gasteiger partial charge in [-0.15, -0.1) is 11.3 Å². The minimum absolute atomic E-state index is 0.0549. The highest BCUT2D eigenvalue weighted by atomic mass is 32.1. The molecule has 0 N–H and O–H groups in total. The third kappa shape index (κ3) is 5.91. The van der Waals surface area contributed by atoms with Crippen LogP contribution in [0.3, 0.4) is 0 Å². The first-order valence-corrected chi connectivity index (χ1v) is 6.89. The van der Waals surface area contributed by atoms with E-state index in [4.69, 9.17) is 4.74 Å². The minimum atomic E-state index is -0.0549. The molecule has 0 aliphatic heterocycles. The van der Waals surface area contributed by atoms with Crippen LogP contribution in [0.1, 0.15) is 43.9 Å². The van der Waals surface area contributed by atoms with Crippen molar-refractivity contribution >= 4 is 17.3 Å². The number of rotatable bonds is 8. The molecule has 0 fully saturated rings. The number of carbonyl (C=O) groups is 1. The Balaban J connectivity index is 1.90. The van der Waals surface area contributed by atoms with Crippen LogP contribution in [0.2, 0.25) is 0 Å². The van der Waals surface area contributed by atoms with Gasteiger partial charge in [0, 0.05) is 11.3 Å². The van der Waals surface area contributed by atoms with Crippen molar-refractivity contribution in [2.45, 2.75) is 45.4 Å². The second-order valence-corrected chi connectivity index (χ2v) is 4.83. The SMILES string of the molecule is CCOC(=O)CCCCCCc1cccs1. The van der Waals surface area contributed by atoms with E-state index in [1.165, 1.54) is 24.1 Å². The molecule has 0 amide bonds. The molecule has 0 aromatic carbocycles. The molecule has 1 rings (SSSR count). The average Bonchev–Trinajstić information content (AvgIpc) is 2.76. The first-order chi connectivity index (χ1) is 7.83. The zero-order valence-corrected chi connectivity index (χ0v) is 10.7. The molecule has 3 heteroatoms. The maximum absolute atomic E-state index is 11.0. The summed E-state index contributed by atoms with van der Waals surface area (Å²) in [6, 6.07) is 4.28. The van der Waals surface area contributed by atoms with E-state index in [1.54, 1.807) is 0 Å². The van der Waals surface area contributed by atoms with Crippen molar-refractivity contribution in [2.75, 3.05) is 6.61 Å². The summed E-state index contributed by atoms with van der Waals surface area (Å²) >= 11 is 1.82. The van der Waals surface area contributed by atoms with Crippen LogP contribution in [0.5, 0.6) is 0 Å². The maximum atomic E-state index is 11.0. The van der Waals surface area contributed by atoms with E-state index in [0.717, 1.165) is 12.8 Å². The molecular formula is C13H20O2S. The summed E-state index contributed by atoms with van der Waals surface area (Å²) in [7, 11) is 0. The fourth-order valence-corrected chi connectivity index (χ4v) is 2.36. The molecule has 16 heavy (non-hydrogen) atoms. The second-order valence-electron chi connectivity index (χ2n) is 3.80. The lowest BCUT2D eigenvalue weighted by Gasteiger charge is -2.01. The highest BCUT2D eigenvalue weighted by molar-refractivity contribution is 7.09. The van der Waals surface area contributed by atoms with Gasteiger partial charge in [0.2, 0.25) is 0 Å². The monoisotopic (exact) mass is 240 g/mol. The lowest BCUT2D eigenvalue weighted by atomic mass is 10.1. The molecule has 0 radical (unpaired) electrons. The van der Waals surface area contributed by atoms with E-state index in [-0.39, 0.29) is 5.97 Å². The molecule has 0 saturated heterocycles. The quantitative estimate of drug-likeness (QED) is 0.510. The number of carbonyl (C=O) groups excluding carboxylic acids is 1. The Morgan fingerprint density at radius 2 is 2.12 bits per heavy atom. The van der Waals surface area contributed by atoms with Gasteiger partial charge in [0.05, 0.1) is 6.61 Å². The van der Waals surface area contributed by atoms with Crippen LogP contribution in [0.4, 0.5) is 0 Å². The van der Waals surface area contributed by atoms with Gasteiger partial charge in [0.15, 0.2) is 0 Å². The largest absolute Gasteiger partial charge is 0.466 e. The number of hydrogen-bond donors (Lipinski definition) is 0. The van der Waals surface area contributed by atoms with Gasteiger partial charge in [-0.05, 0) is 37.6 Å². The minimum Gasteiger partial charge on any atom is -0.466 e. The van der Waals surface area contributed by atoms with Crippen molar-refractivity contribution in [3.8, 4) is 0 Å². The van der Waals surface area contributed by atoms with Gasteiger partial charge in [-0.2, -0.15) is 0 Å². The van der Waals surface area contributed by atoms with E-state index in [1.807, 2.05) is 18.3 Å². The Morgan fingerprint density at radius 3 is 2.81 bits per heavy atom. The molecule has 0 bridgehead atoms. The lowest BCUT2D eigenvalue weighted by Crippen LogP contribution is -2.03. The summed E-state index contributed by atoms with van der Waals surface area (Å²) in [5, 5.41) is 2.12. The zero-order valence-electron chi connectivity index (χ0n) is 9.91. The zero-order chi connectivity index (χ0) is 11.6. The third-order valence-electron chi connectivity index (χ3n) is 2.44. The number of esters is 1. The molecule has 1 aromatic heterocycles. The van der Waals surface area contributed by atoms with E-state index >= 15 is 0 Å². The molecule has 0 atom stereocenters. The van der Waals surface area contributed by atoms with Gasteiger partial charge in [-0.25, -0.2) is 0 Å². The fraction of sp³-hybridized carbons (Fsp3) is 0.615. The second kappa shape index (κ2) is 8.34. The van der Waals surface area contributed by atoms with Crippen molar-refractivity contribution in [1.29, 1.82) is 0 Å². The first kappa shape index (κ1) is 13.2. The van der Waals surface area contributed by atoms with Crippen molar-refractivity contribution in [3.63, 3.8) is 0 Å². The highest BCUT2D eigenvalue weighted by Crippen LogP contribution is 2.13. The molecule has 0 saturated carbocycles. The summed E-state index contributed by atoms with van der Waals surface area (Å²) in [4.78, 5) is 12.5. The molecule has 2 nitrogen and oxygen atoms in total. The standard InChI is InChI=1S/C13H20O2S/c1-2-15-13(14)10-6-4-3-5-8-12-9-7-11-16-12/h7,9,11H,2-6,8,10H2,1H3. The van der Waals surface area contributed by atoms with Crippen LogP contribution in [0.15, 0.2) is 17.5 Å². The molecule has 0 unspecified atom stereocenters. The van der Waals surface area contributed by atoms with Gasteiger partial charge < -0.3 is 4.74 Å². The number of unbranched alkanes of at least 4 members (excludes halogenated alkanes) is 3. The van der Waals surface area contributed by atoms with E-state index < -0.39 is 0 Å². The Labute approximate surface area is 102 Å². The van der Waals surface area contributed by atoms with Gasteiger partial charge in [-0.1, -0.05) is 18.9 Å². The fourth-order valence-electron chi connectivity index (χ4n) is 1.61. The molecule has 0 aliphatic rings. The summed E-state index contributed by atoms with van der Waals surface area (Å²) in [5.41, 5.74) is 0. The molecule has 90 valence electrons. The predicted molar refractivity (Wildman–Crippen MR) is 67.7 cm³/mol. The summed E-state index contributed by atoms with van der Waals surface area (Å²) in [5.74, 6) is -0.0549. The van der Waals surface area contributed by atoms with Crippen LogP contribution in [0, 0.1) is 0 Å². The summed E-state index contributed by atoms with van der Waals surface area (Å²) < 4.78 is 4.87. The molecule has 1 heterocycles. The van der Waals surface area contributed by atoms with Crippen molar-refractivity contribution in [1.82, 2.24) is 0 Å². The number of aryl methyl sites for hydroxylation is 1. The first-order valence-electron chi connectivity index (χ1n) is 6.01. The number of hydrogen-bond acceptors (Lipinski definition) is 3. The Hall–Kier alpha value is -0.830. The van der Waals surface area contributed by atoms with Gasteiger partial charge in [-0.3, -0.25) is 4.79 Å². The van der Waals surface area contributed by atoms with Crippen molar-refractivity contribution in [3.05, 3.63) is 22.4 Å². The van der Waals surface area contributed by atoms with Crippen LogP contribution in [0.25, 0.3) is 0 Å². The lowest BCUT2D eigenvalue weighted by molar-refractivity contribution is -0.143. The molecule has 0 spiro atoms. The Bertz CT molecular complexity index is 280. The van der Waals surface area contributed by atoms with Gasteiger partial charge in [0.25, 0.3) is 0 Å². The van der Waals surface area contributed by atoms with Crippen LogP contribution < -0.4 is 0 Å². The summed E-state index contributed by atoms with van der Waals surface area (Å²) in [6.07, 6.45) is 6.28. The van der Waals surface area contributed by atoms with Crippen LogP contribution in [-0.2, 0) is 16.0 Å². The smallest absolute Gasteiger partial charge is 0.305 e. The predicted octanol–water partition coefficient (Wildman–Crippen LogP) is 3.80. The van der Waals surface area contributed by atoms with Gasteiger partial charge >= 0.3 is 5.97 Å². The molecule has 1 aromatic rings. The number of ether oxygens (including phenoxy) is 1. The Kier molecular flexibility index (Phi) is 6.90. The maximum Gasteiger partial charge on any atom is 0.305 e. The highest BCUT2D eigenvalue weighted by Gasteiger charge is 2.00.